The molecule has 4 aromatic rings. The molecule has 1 fully saturated rings. The smallest absolute Gasteiger partial charge is 0.166 e. The number of ether oxygens (including phenoxy) is 1. The van der Waals surface area contributed by atoms with Crippen molar-refractivity contribution in [2.45, 2.75) is 31.1 Å². The van der Waals surface area contributed by atoms with Crippen LogP contribution in [0.1, 0.15) is 17.4 Å². The minimum absolute atomic E-state index is 0.104. The third-order valence-electron chi connectivity index (χ3n) is 6.22. The molecule has 0 amide bonds. The lowest BCUT2D eigenvalue weighted by Gasteiger charge is -2.21. The van der Waals surface area contributed by atoms with Crippen molar-refractivity contribution in [2.24, 2.45) is 0 Å². The van der Waals surface area contributed by atoms with Crippen molar-refractivity contribution in [3.8, 4) is 17.2 Å². The van der Waals surface area contributed by atoms with Gasteiger partial charge in [0, 0.05) is 6.54 Å². The van der Waals surface area contributed by atoms with E-state index in [1.54, 1.807) is 0 Å². The third kappa shape index (κ3) is 3.96. The van der Waals surface area contributed by atoms with Crippen LogP contribution in [-0.4, -0.2) is 54.8 Å². The van der Waals surface area contributed by atoms with Crippen LogP contribution >= 0.6 is 0 Å². The number of nitrogens with one attached hydrogen (secondary N) is 1. The molecule has 0 saturated carbocycles. The van der Waals surface area contributed by atoms with Crippen LogP contribution in [0.3, 0.4) is 0 Å². The Morgan fingerprint density at radius 1 is 1.03 bits per heavy atom. The van der Waals surface area contributed by atoms with Crippen LogP contribution in [-0.2, 0) is 11.3 Å². The molecule has 0 aliphatic carbocycles. The fourth-order valence-corrected chi connectivity index (χ4v) is 4.41. The van der Waals surface area contributed by atoms with Gasteiger partial charge in [-0.1, -0.05) is 54.6 Å². The lowest BCUT2D eigenvalue weighted by atomic mass is 10.0. The van der Waals surface area contributed by atoms with Gasteiger partial charge in [-0.25, -0.2) is 9.97 Å². The maximum Gasteiger partial charge on any atom is 0.166 e. The zero-order valence-corrected chi connectivity index (χ0v) is 18.6. The topological polar surface area (TPSA) is 162 Å². The second-order valence-corrected chi connectivity index (χ2v) is 8.31. The van der Waals surface area contributed by atoms with Gasteiger partial charge < -0.3 is 31.1 Å². The average Bonchev–Trinajstić information content (AvgIpc) is 3.37. The summed E-state index contributed by atoms with van der Waals surface area (Å²) in [6.45, 7) is -0.130. The highest BCUT2D eigenvalue weighted by Gasteiger charge is 2.45. The number of anilines is 2. The van der Waals surface area contributed by atoms with Gasteiger partial charge in [0.15, 0.2) is 11.9 Å². The van der Waals surface area contributed by atoms with Crippen LogP contribution in [0.2, 0.25) is 0 Å². The number of nitrogens with two attached hydrogens (primary N) is 1. The summed E-state index contributed by atoms with van der Waals surface area (Å²) < 4.78 is 7.24. The lowest BCUT2D eigenvalue weighted by Crippen LogP contribution is -2.33. The molecule has 35 heavy (non-hydrogen) atoms. The van der Waals surface area contributed by atoms with E-state index in [2.05, 4.69) is 21.4 Å². The van der Waals surface area contributed by atoms with E-state index in [4.69, 9.17) is 10.5 Å². The Morgan fingerprint density at radius 2 is 1.74 bits per heavy atom. The average molecular weight is 473 g/mol. The quantitative estimate of drug-likeness (QED) is 0.281. The van der Waals surface area contributed by atoms with Crippen molar-refractivity contribution in [3.05, 3.63) is 72.1 Å². The third-order valence-corrected chi connectivity index (χ3v) is 6.22. The summed E-state index contributed by atoms with van der Waals surface area (Å²) in [6.07, 6.45) is -3.52. The number of hydrogen-bond donors (Lipinski definition) is 5. The number of nitrogen functional groups attached to an aromatic ring is 1. The van der Waals surface area contributed by atoms with E-state index in [0.29, 0.717) is 17.7 Å². The lowest BCUT2D eigenvalue weighted by molar-refractivity contribution is -0.0499. The van der Waals surface area contributed by atoms with Crippen molar-refractivity contribution in [2.75, 3.05) is 17.7 Å². The van der Waals surface area contributed by atoms with Crippen LogP contribution in [0, 0.1) is 11.3 Å². The molecule has 4 atom stereocenters. The Hall–Kier alpha value is -4.01. The van der Waals surface area contributed by atoms with E-state index < -0.39 is 31.1 Å². The van der Waals surface area contributed by atoms with Crippen molar-refractivity contribution in [1.82, 2.24) is 14.5 Å². The van der Waals surface area contributed by atoms with Gasteiger partial charge in [0.2, 0.25) is 0 Å². The highest BCUT2D eigenvalue weighted by atomic mass is 16.6. The number of hydrogen-bond acceptors (Lipinski definition) is 9. The first kappa shape index (κ1) is 22.8. The first-order chi connectivity index (χ1) is 17.0. The van der Waals surface area contributed by atoms with Crippen molar-refractivity contribution in [1.29, 1.82) is 5.26 Å². The second-order valence-electron chi connectivity index (χ2n) is 8.31. The van der Waals surface area contributed by atoms with Gasteiger partial charge in [-0.05, 0) is 16.7 Å². The predicted molar refractivity (Wildman–Crippen MR) is 129 cm³/mol. The van der Waals surface area contributed by atoms with E-state index in [-0.39, 0.29) is 17.0 Å². The van der Waals surface area contributed by atoms with Crippen LogP contribution < -0.4 is 11.1 Å². The summed E-state index contributed by atoms with van der Waals surface area (Å²) in [5.41, 5.74) is 9.67. The van der Waals surface area contributed by atoms with Crippen molar-refractivity contribution in [3.63, 3.8) is 0 Å². The normalized spacial score (nSPS) is 21.8. The van der Waals surface area contributed by atoms with E-state index >= 15 is 0 Å². The summed E-state index contributed by atoms with van der Waals surface area (Å²) in [5, 5.41) is 44.1. The zero-order chi connectivity index (χ0) is 24.5. The molecule has 2 aromatic carbocycles. The molecule has 0 bridgehead atoms. The van der Waals surface area contributed by atoms with Crippen molar-refractivity contribution < 1.29 is 20.1 Å². The SMILES string of the molecule is N#Cc1c(NCc2ccc(-c3ccccc3)cc2)n([C@@H]2O[C@H](CO)[C@@H](O)[C@H]2O)c2ncnc(N)c12. The largest absolute Gasteiger partial charge is 0.394 e. The number of aromatic nitrogens is 3. The molecule has 2 aromatic heterocycles. The van der Waals surface area contributed by atoms with Crippen LogP contribution in [0.4, 0.5) is 11.6 Å². The van der Waals surface area contributed by atoms with Gasteiger partial charge in [-0.3, -0.25) is 4.57 Å². The van der Waals surface area contributed by atoms with Crippen LogP contribution in [0.25, 0.3) is 22.2 Å². The standard InChI is InChI=1S/C25H24N6O4/c26-10-17-19-22(27)29-13-30-24(19)31(25-21(34)20(33)18(12-32)35-25)23(17)28-11-14-6-8-16(9-7-14)15-4-2-1-3-5-15/h1-9,13,18,20-21,25,28,32-34H,11-12H2,(H2,27,29,30)/t18-,20-,21-,25-/m1/s1. The summed E-state index contributed by atoms with van der Waals surface area (Å²) >= 11 is 0. The molecule has 10 heteroatoms. The van der Waals surface area contributed by atoms with Gasteiger partial charge in [-0.2, -0.15) is 5.26 Å². The van der Waals surface area contributed by atoms with E-state index in [0.717, 1.165) is 16.7 Å². The summed E-state index contributed by atoms with van der Waals surface area (Å²) in [7, 11) is 0. The molecule has 5 rings (SSSR count). The minimum Gasteiger partial charge on any atom is -0.394 e. The van der Waals surface area contributed by atoms with E-state index in [1.165, 1.54) is 10.9 Å². The monoisotopic (exact) mass is 472 g/mol. The highest BCUT2D eigenvalue weighted by Crippen LogP contribution is 2.39. The number of aliphatic hydroxyl groups excluding tert-OH is 3. The first-order valence-electron chi connectivity index (χ1n) is 11.1. The highest BCUT2D eigenvalue weighted by molar-refractivity contribution is 5.97. The van der Waals surface area contributed by atoms with Gasteiger partial charge >= 0.3 is 0 Å². The molecular weight excluding hydrogens is 448 g/mol. The number of rotatable bonds is 6. The second kappa shape index (κ2) is 9.32. The fraction of sp³-hybridized carbons (Fsp3) is 0.240. The molecule has 0 spiro atoms. The fourth-order valence-electron chi connectivity index (χ4n) is 4.41. The molecule has 1 aliphatic heterocycles. The van der Waals surface area contributed by atoms with Crippen LogP contribution in [0.15, 0.2) is 60.9 Å². The molecule has 3 heterocycles. The number of benzene rings is 2. The van der Waals surface area contributed by atoms with E-state index in [9.17, 15) is 20.6 Å². The number of aliphatic hydroxyl groups is 3. The Labute approximate surface area is 200 Å². The number of nitriles is 1. The molecule has 0 unspecified atom stereocenters. The molecule has 1 aliphatic rings. The Kier molecular flexibility index (Phi) is 6.07. The maximum atomic E-state index is 10.7. The summed E-state index contributed by atoms with van der Waals surface area (Å²) in [4.78, 5) is 8.27. The molecule has 6 N–H and O–H groups in total. The number of nitrogens with zero attached hydrogens (tertiary/aromatic N) is 4. The maximum absolute atomic E-state index is 10.7. The Balaban J connectivity index is 1.52. The van der Waals surface area contributed by atoms with Crippen LogP contribution in [0.5, 0.6) is 0 Å². The van der Waals surface area contributed by atoms with Gasteiger partial charge in [0.05, 0.1) is 12.0 Å². The first-order valence-corrected chi connectivity index (χ1v) is 11.1. The molecular formula is C25H24N6O4. The molecule has 1 saturated heterocycles. The van der Waals surface area contributed by atoms with E-state index in [1.807, 2.05) is 54.6 Å². The molecule has 10 nitrogen and oxygen atoms in total. The van der Waals surface area contributed by atoms with Gasteiger partial charge in [-0.15, -0.1) is 0 Å². The predicted octanol–water partition coefficient (Wildman–Crippen LogP) is 1.78. The number of fused-ring (bicyclic) bond motifs is 1. The summed E-state index contributed by atoms with van der Waals surface area (Å²) in [6, 6.07) is 20.2. The zero-order valence-electron chi connectivity index (χ0n) is 18.6. The van der Waals surface area contributed by atoms with Gasteiger partial charge in [0.25, 0.3) is 0 Å². The van der Waals surface area contributed by atoms with Gasteiger partial charge in [0.1, 0.15) is 47.9 Å². The summed E-state index contributed by atoms with van der Waals surface area (Å²) in [5.74, 6) is 0.420. The molecule has 178 valence electrons. The minimum atomic E-state index is -1.36. The molecule has 0 radical (unpaired) electrons. The van der Waals surface area contributed by atoms with Crippen molar-refractivity contribution >= 4 is 22.7 Å². The Bertz CT molecular complexity index is 1380. The Morgan fingerprint density at radius 3 is 2.40 bits per heavy atom.